The lowest BCUT2D eigenvalue weighted by molar-refractivity contribution is -0.520. The van der Waals surface area contributed by atoms with Gasteiger partial charge < -0.3 is 4.74 Å². The van der Waals surface area contributed by atoms with E-state index in [1.54, 1.807) is 20.8 Å². The van der Waals surface area contributed by atoms with Gasteiger partial charge in [0.25, 0.3) is 0 Å². The summed E-state index contributed by atoms with van der Waals surface area (Å²) in [6.45, 7) is 20.2. The Morgan fingerprint density at radius 3 is 2.27 bits per heavy atom. The fourth-order valence-corrected chi connectivity index (χ4v) is 2.09. The Hall–Kier alpha value is -0.770. The van der Waals surface area contributed by atoms with Crippen LogP contribution in [-0.4, -0.2) is 42.3 Å². The third-order valence-electron chi connectivity index (χ3n) is 4.79. The van der Waals surface area contributed by atoms with Gasteiger partial charge in [-0.3, -0.25) is 4.79 Å². The number of carbonyl (C=O) groups is 1. The van der Waals surface area contributed by atoms with Crippen molar-refractivity contribution < 1.29 is 38.9 Å². The second kappa shape index (κ2) is 13.6. The average Bonchev–Trinajstić information content (AvgIpc) is 2.68. The van der Waals surface area contributed by atoms with E-state index in [4.69, 9.17) is 34.1 Å². The molecule has 0 aromatic carbocycles. The molecule has 0 saturated carbocycles. The maximum absolute atomic E-state index is 10.9. The highest BCUT2D eigenvalue weighted by molar-refractivity contribution is 5.69. The van der Waals surface area contributed by atoms with Gasteiger partial charge in [-0.15, -0.1) is 0 Å². The molecule has 1 rings (SSSR count). The van der Waals surface area contributed by atoms with Gasteiger partial charge in [0.1, 0.15) is 5.60 Å². The van der Waals surface area contributed by atoms with E-state index in [2.05, 4.69) is 6.92 Å². The van der Waals surface area contributed by atoms with Crippen molar-refractivity contribution in [2.24, 2.45) is 5.92 Å². The van der Waals surface area contributed by atoms with Gasteiger partial charge in [0.05, 0.1) is 24.9 Å². The van der Waals surface area contributed by atoms with Crippen molar-refractivity contribution in [3.63, 3.8) is 0 Å². The Morgan fingerprint density at radius 2 is 1.70 bits per heavy atom. The zero-order valence-corrected chi connectivity index (χ0v) is 20.7. The molecule has 0 radical (unpaired) electrons. The van der Waals surface area contributed by atoms with Crippen LogP contribution in [0.2, 0.25) is 0 Å². The summed E-state index contributed by atoms with van der Waals surface area (Å²) in [5.74, 6) is -0.740. The molecule has 1 aliphatic heterocycles. The number of hydrogen-bond acceptors (Lipinski definition) is 8. The highest BCUT2D eigenvalue weighted by Gasteiger charge is 2.36. The van der Waals surface area contributed by atoms with Gasteiger partial charge >= 0.3 is 5.97 Å². The molecule has 1 heterocycles. The van der Waals surface area contributed by atoms with Crippen LogP contribution >= 0.6 is 0 Å². The Kier molecular flexibility index (Phi) is 13.3. The largest absolute Gasteiger partial charge is 0.466 e. The first kappa shape index (κ1) is 29.2. The number of hydrogen-bond donors (Lipinski definition) is 0. The molecule has 0 spiro atoms. The van der Waals surface area contributed by atoms with Crippen LogP contribution in [0.4, 0.5) is 0 Å². The summed E-state index contributed by atoms with van der Waals surface area (Å²) in [6, 6.07) is 0. The van der Waals surface area contributed by atoms with E-state index in [1.807, 2.05) is 41.5 Å². The van der Waals surface area contributed by atoms with Crippen molar-refractivity contribution in [3.8, 4) is 0 Å². The van der Waals surface area contributed by atoms with Gasteiger partial charge in [0, 0.05) is 6.42 Å². The third kappa shape index (κ3) is 13.5. The average molecular weight is 437 g/mol. The summed E-state index contributed by atoms with van der Waals surface area (Å²) in [4.78, 5) is 42.2. The molecule has 2 unspecified atom stereocenters. The molecule has 0 bridgehead atoms. The van der Waals surface area contributed by atoms with Crippen LogP contribution in [-0.2, 0) is 38.9 Å². The molecule has 0 N–H and O–H groups in total. The fourth-order valence-electron chi connectivity index (χ4n) is 2.09. The van der Waals surface area contributed by atoms with Crippen LogP contribution in [0.25, 0.3) is 0 Å². The molecule has 1 aliphatic rings. The van der Waals surface area contributed by atoms with E-state index < -0.39 is 5.79 Å². The van der Waals surface area contributed by atoms with Crippen molar-refractivity contribution >= 4 is 5.97 Å². The first-order valence-electron chi connectivity index (χ1n) is 10.9. The zero-order valence-electron chi connectivity index (χ0n) is 20.7. The maximum atomic E-state index is 10.9. The molecular weight excluding hydrogens is 392 g/mol. The van der Waals surface area contributed by atoms with E-state index in [1.165, 1.54) is 0 Å². The second-order valence-corrected chi connectivity index (χ2v) is 9.22. The van der Waals surface area contributed by atoms with E-state index in [-0.39, 0.29) is 23.3 Å². The van der Waals surface area contributed by atoms with Crippen molar-refractivity contribution in [3.05, 3.63) is 0 Å². The summed E-state index contributed by atoms with van der Waals surface area (Å²) in [5, 5.41) is 0. The molecule has 1 fully saturated rings. The van der Waals surface area contributed by atoms with Crippen molar-refractivity contribution in [1.29, 1.82) is 0 Å². The van der Waals surface area contributed by atoms with Gasteiger partial charge in [-0.25, -0.2) is 19.6 Å². The van der Waals surface area contributed by atoms with E-state index in [0.717, 1.165) is 12.8 Å². The van der Waals surface area contributed by atoms with Crippen molar-refractivity contribution in [2.75, 3.05) is 13.2 Å². The van der Waals surface area contributed by atoms with Crippen LogP contribution in [0.15, 0.2) is 0 Å². The normalized spacial score (nSPS) is 23.9. The SMILES string of the molecule is CC1CC(C)C(C)(C)OOC(C)(C)OO1.CCOC(=O)CCCOOC(C)(C)CC. The molecule has 0 aliphatic carbocycles. The zero-order chi connectivity index (χ0) is 23.4. The first-order valence-corrected chi connectivity index (χ1v) is 10.9. The lowest BCUT2D eigenvalue weighted by Gasteiger charge is -2.31. The Bertz CT molecular complexity index is 476. The molecule has 0 aromatic rings. The lowest BCUT2D eigenvalue weighted by atomic mass is 9.88. The monoisotopic (exact) mass is 436 g/mol. The molecule has 0 aromatic heterocycles. The second-order valence-electron chi connectivity index (χ2n) is 9.22. The van der Waals surface area contributed by atoms with Crippen molar-refractivity contribution in [2.45, 2.75) is 118 Å². The molecule has 30 heavy (non-hydrogen) atoms. The molecular formula is C22H44O8. The standard InChI is InChI=1S/2C11H22O4/c1-8-7-9(2)12-14-11(5,6)15-13-10(8,3)4;1-5-11(3,4)15-14-9-7-8-10(12)13-6-2/h8-9H,7H2,1-6H3;5-9H2,1-4H3. The molecule has 180 valence electrons. The number of ether oxygens (including phenoxy) is 1. The molecule has 0 amide bonds. The Labute approximate surface area is 182 Å². The highest BCUT2D eigenvalue weighted by atomic mass is 17.3. The predicted octanol–water partition coefficient (Wildman–Crippen LogP) is 5.29. The summed E-state index contributed by atoms with van der Waals surface area (Å²) in [5.41, 5.74) is -0.605. The van der Waals surface area contributed by atoms with E-state index in [0.29, 0.717) is 32.0 Å². The number of rotatable bonds is 8. The molecule has 1 saturated heterocycles. The lowest BCUT2D eigenvalue weighted by Crippen LogP contribution is -2.37. The quantitative estimate of drug-likeness (QED) is 0.220. The van der Waals surface area contributed by atoms with E-state index >= 15 is 0 Å². The summed E-state index contributed by atoms with van der Waals surface area (Å²) in [6.07, 6.45) is 2.78. The Morgan fingerprint density at radius 1 is 1.07 bits per heavy atom. The number of carbonyl (C=O) groups excluding carboxylic acids is 1. The van der Waals surface area contributed by atoms with Gasteiger partial charge in [-0.1, -0.05) is 13.8 Å². The molecule has 8 heteroatoms. The van der Waals surface area contributed by atoms with Crippen LogP contribution in [0.1, 0.15) is 94.9 Å². The van der Waals surface area contributed by atoms with Crippen LogP contribution < -0.4 is 0 Å². The minimum Gasteiger partial charge on any atom is -0.466 e. The minimum atomic E-state index is -0.879. The van der Waals surface area contributed by atoms with Gasteiger partial charge in [0.15, 0.2) is 0 Å². The fraction of sp³-hybridized carbons (Fsp3) is 0.955. The highest BCUT2D eigenvalue weighted by Crippen LogP contribution is 2.30. The maximum Gasteiger partial charge on any atom is 0.305 e. The predicted molar refractivity (Wildman–Crippen MR) is 113 cm³/mol. The smallest absolute Gasteiger partial charge is 0.305 e. The van der Waals surface area contributed by atoms with Gasteiger partial charge in [-0.05, 0) is 80.6 Å². The topological polar surface area (TPSA) is 81.7 Å². The third-order valence-corrected chi connectivity index (χ3v) is 4.79. The Balaban J connectivity index is 0.000000561. The number of esters is 1. The van der Waals surface area contributed by atoms with Gasteiger partial charge in [-0.2, -0.15) is 9.78 Å². The van der Waals surface area contributed by atoms with Crippen LogP contribution in [0.3, 0.4) is 0 Å². The molecule has 8 nitrogen and oxygen atoms in total. The van der Waals surface area contributed by atoms with Gasteiger partial charge in [0.2, 0.25) is 5.79 Å². The summed E-state index contributed by atoms with van der Waals surface area (Å²) >= 11 is 0. The van der Waals surface area contributed by atoms with Crippen molar-refractivity contribution in [1.82, 2.24) is 0 Å². The first-order chi connectivity index (χ1) is 13.7. The van der Waals surface area contributed by atoms with Crippen LogP contribution in [0.5, 0.6) is 0 Å². The minimum absolute atomic E-state index is 0.0313. The summed E-state index contributed by atoms with van der Waals surface area (Å²) in [7, 11) is 0. The van der Waals surface area contributed by atoms with Crippen LogP contribution in [0, 0.1) is 5.92 Å². The molecule has 2 atom stereocenters. The summed E-state index contributed by atoms with van der Waals surface area (Å²) < 4.78 is 4.78. The van der Waals surface area contributed by atoms with E-state index in [9.17, 15) is 4.79 Å².